The monoisotopic (exact) mass is 522 g/mol. The molecule has 2 amide bonds. The van der Waals surface area contributed by atoms with E-state index in [1.165, 1.54) is 4.68 Å². The highest BCUT2D eigenvalue weighted by Gasteiger charge is 2.38. The highest BCUT2D eigenvalue weighted by Crippen LogP contribution is 2.37. The number of nitrogen functional groups attached to an aromatic ring is 1. The molecular weight excluding hydrogens is 488 g/mol. The number of amides is 2. The van der Waals surface area contributed by atoms with Crippen LogP contribution >= 0.6 is 0 Å². The Morgan fingerprint density at radius 3 is 2.58 bits per heavy atom. The Morgan fingerprint density at radius 2 is 1.95 bits per heavy atom. The number of carbonyl (C=O) groups is 2. The fraction of sp³-hybridized carbons (Fsp3) is 0.407. The number of nitrogens with zero attached hydrogens (tertiary/aromatic N) is 4. The van der Waals surface area contributed by atoms with Crippen LogP contribution in [0.15, 0.2) is 48.7 Å². The summed E-state index contributed by atoms with van der Waals surface area (Å²) < 4.78 is 12.3. The molecule has 0 saturated carbocycles. The van der Waals surface area contributed by atoms with Gasteiger partial charge in [0.15, 0.2) is 5.82 Å². The maximum absolute atomic E-state index is 12.9. The topological polar surface area (TPSA) is 145 Å². The summed E-state index contributed by atoms with van der Waals surface area (Å²) in [6.07, 6.45) is 1.21. The summed E-state index contributed by atoms with van der Waals surface area (Å²) in [7, 11) is 0. The fourth-order valence-corrected chi connectivity index (χ4v) is 4.36. The second-order valence-electron chi connectivity index (χ2n) is 9.96. The van der Waals surface area contributed by atoms with E-state index < -0.39 is 24.0 Å². The zero-order valence-electron chi connectivity index (χ0n) is 22.0. The van der Waals surface area contributed by atoms with Gasteiger partial charge >= 0.3 is 6.09 Å². The summed E-state index contributed by atoms with van der Waals surface area (Å²) in [6, 6.07) is 11.6. The van der Waals surface area contributed by atoms with Crippen molar-refractivity contribution >= 4 is 17.8 Å². The predicted molar refractivity (Wildman–Crippen MR) is 142 cm³/mol. The molecule has 1 fully saturated rings. The number of nitrogens with one attached hydrogen (secondary N) is 1. The molecule has 1 aromatic carbocycles. The number of imidazole rings is 1. The van der Waals surface area contributed by atoms with Gasteiger partial charge in [-0.25, -0.2) is 19.4 Å². The lowest BCUT2D eigenvalue weighted by Crippen LogP contribution is -2.37. The quantitative estimate of drug-likeness (QED) is 0.312. The molecule has 2 atom stereocenters. The molecule has 4 N–H and O–H groups in total. The van der Waals surface area contributed by atoms with Crippen LogP contribution < -0.4 is 11.2 Å². The number of benzene rings is 1. The van der Waals surface area contributed by atoms with Crippen LogP contribution in [0.1, 0.15) is 74.7 Å². The minimum Gasteiger partial charge on any atom is -0.444 e. The van der Waals surface area contributed by atoms with E-state index in [-0.39, 0.29) is 18.2 Å². The van der Waals surface area contributed by atoms with Crippen molar-refractivity contribution in [2.24, 2.45) is 0 Å². The highest BCUT2D eigenvalue weighted by molar-refractivity contribution is 6.04. The highest BCUT2D eigenvalue weighted by atomic mass is 16.6. The first-order valence-corrected chi connectivity index (χ1v) is 12.6. The number of pyridine rings is 1. The van der Waals surface area contributed by atoms with Crippen molar-refractivity contribution < 1.29 is 24.2 Å². The first-order chi connectivity index (χ1) is 18.1. The molecule has 1 saturated heterocycles. The lowest BCUT2D eigenvalue weighted by molar-refractivity contribution is -0.102. The first-order valence-electron chi connectivity index (χ1n) is 12.6. The molecule has 3 heterocycles. The fourth-order valence-electron chi connectivity index (χ4n) is 4.36. The number of anilines is 1. The molecule has 0 spiro atoms. The summed E-state index contributed by atoms with van der Waals surface area (Å²) in [6.45, 7) is 7.96. The van der Waals surface area contributed by atoms with Gasteiger partial charge in [-0.3, -0.25) is 9.69 Å². The second kappa shape index (κ2) is 11.2. The van der Waals surface area contributed by atoms with Crippen LogP contribution in [0.4, 0.5) is 10.6 Å². The van der Waals surface area contributed by atoms with Crippen molar-refractivity contribution in [3.05, 3.63) is 65.7 Å². The molecule has 0 radical (unpaired) electrons. The van der Waals surface area contributed by atoms with E-state index in [1.54, 1.807) is 60.5 Å². The third-order valence-corrected chi connectivity index (χ3v) is 6.04. The SMILES string of the molecule is CCOC(O)c1c(-c2ccc(C(=O)Nc3ccccn3)cc2)nc([C@@H]2CCCN2C(=O)OC(C)(C)C)n1N. The molecule has 0 bridgehead atoms. The summed E-state index contributed by atoms with van der Waals surface area (Å²) in [5, 5.41) is 13.5. The first kappa shape index (κ1) is 27.1. The zero-order chi connectivity index (χ0) is 27.4. The molecule has 1 aliphatic heterocycles. The lowest BCUT2D eigenvalue weighted by Gasteiger charge is -2.28. The number of aliphatic hydroxyl groups excluding tert-OH is 1. The van der Waals surface area contributed by atoms with E-state index in [2.05, 4.69) is 10.3 Å². The summed E-state index contributed by atoms with van der Waals surface area (Å²) in [5.74, 6) is 7.02. The zero-order valence-corrected chi connectivity index (χ0v) is 22.0. The molecule has 4 rings (SSSR count). The van der Waals surface area contributed by atoms with Gasteiger partial charge in [-0.1, -0.05) is 18.2 Å². The normalized spacial score (nSPS) is 16.3. The van der Waals surface area contributed by atoms with E-state index in [4.69, 9.17) is 20.3 Å². The van der Waals surface area contributed by atoms with Gasteiger partial charge in [0.25, 0.3) is 5.91 Å². The van der Waals surface area contributed by atoms with Crippen molar-refractivity contribution in [2.45, 2.75) is 58.5 Å². The van der Waals surface area contributed by atoms with Gasteiger partial charge in [0, 0.05) is 30.5 Å². The van der Waals surface area contributed by atoms with Gasteiger partial charge in [-0.05, 0) is 64.8 Å². The standard InChI is InChI=1S/C27H34N6O5/c1-5-37-25(35)22-21(17-11-13-18(14-12-17)24(34)30-20-10-6-7-15-29-20)31-23(33(22)28)19-9-8-16-32(19)26(36)38-27(2,3)4/h6-7,10-15,19,25,35H,5,8-9,16,28H2,1-4H3,(H,29,30,34)/t19-,25?/m0/s1. The lowest BCUT2D eigenvalue weighted by atomic mass is 10.1. The van der Waals surface area contributed by atoms with E-state index in [0.717, 1.165) is 6.42 Å². The molecule has 3 aromatic rings. The summed E-state index contributed by atoms with van der Waals surface area (Å²) in [4.78, 5) is 36.0. The van der Waals surface area contributed by atoms with Crippen LogP contribution in [0.5, 0.6) is 0 Å². The van der Waals surface area contributed by atoms with Gasteiger partial charge in [0.2, 0.25) is 6.29 Å². The third kappa shape index (κ3) is 5.95. The molecule has 38 heavy (non-hydrogen) atoms. The van der Waals surface area contributed by atoms with Gasteiger partial charge in [0.1, 0.15) is 17.1 Å². The van der Waals surface area contributed by atoms with Crippen LogP contribution in [0.2, 0.25) is 0 Å². The molecular formula is C27H34N6O5. The Labute approximate surface area is 221 Å². The van der Waals surface area contributed by atoms with Gasteiger partial charge in [-0.2, -0.15) is 0 Å². The molecule has 11 nitrogen and oxygen atoms in total. The van der Waals surface area contributed by atoms with Gasteiger partial charge in [0.05, 0.1) is 11.7 Å². The van der Waals surface area contributed by atoms with Gasteiger partial charge in [-0.15, -0.1) is 0 Å². The minimum atomic E-state index is -1.34. The molecule has 0 aliphatic carbocycles. The second-order valence-corrected chi connectivity index (χ2v) is 9.96. The number of ether oxygens (including phenoxy) is 2. The van der Waals surface area contributed by atoms with Crippen LogP contribution in [0.3, 0.4) is 0 Å². The smallest absolute Gasteiger partial charge is 0.410 e. The number of nitrogens with two attached hydrogens (primary N) is 1. The van der Waals surface area contributed by atoms with Crippen LogP contribution in [-0.2, 0) is 9.47 Å². The Morgan fingerprint density at radius 1 is 1.21 bits per heavy atom. The Hall–Kier alpha value is -3.96. The van der Waals surface area contributed by atoms with E-state index >= 15 is 0 Å². The number of aromatic nitrogens is 3. The van der Waals surface area contributed by atoms with Crippen molar-refractivity contribution in [3.8, 4) is 11.3 Å². The Bertz CT molecular complexity index is 1270. The summed E-state index contributed by atoms with van der Waals surface area (Å²) in [5.41, 5.74) is 1.06. The number of rotatable bonds is 7. The maximum atomic E-state index is 12.9. The number of hydrogen-bond acceptors (Lipinski definition) is 8. The molecule has 1 unspecified atom stereocenters. The van der Waals surface area contributed by atoms with Crippen LogP contribution in [-0.4, -0.2) is 55.4 Å². The molecule has 2 aromatic heterocycles. The average Bonchev–Trinajstić information content (AvgIpc) is 3.48. The maximum Gasteiger partial charge on any atom is 0.410 e. The summed E-state index contributed by atoms with van der Waals surface area (Å²) >= 11 is 0. The van der Waals surface area contributed by atoms with Crippen LogP contribution in [0.25, 0.3) is 11.3 Å². The molecule has 202 valence electrons. The van der Waals surface area contributed by atoms with E-state index in [0.29, 0.717) is 41.4 Å². The van der Waals surface area contributed by atoms with E-state index in [1.807, 2.05) is 20.8 Å². The number of carbonyl (C=O) groups excluding carboxylic acids is 2. The van der Waals surface area contributed by atoms with Crippen molar-refractivity contribution in [3.63, 3.8) is 0 Å². The number of aliphatic hydroxyl groups is 1. The molecule has 11 heteroatoms. The number of hydrogen-bond donors (Lipinski definition) is 3. The van der Waals surface area contributed by atoms with Crippen molar-refractivity contribution in [1.29, 1.82) is 0 Å². The Balaban J connectivity index is 1.66. The third-order valence-electron chi connectivity index (χ3n) is 6.04. The van der Waals surface area contributed by atoms with Crippen molar-refractivity contribution in [1.82, 2.24) is 19.5 Å². The predicted octanol–water partition coefficient (Wildman–Crippen LogP) is 4.01. The van der Waals surface area contributed by atoms with Crippen molar-refractivity contribution in [2.75, 3.05) is 24.3 Å². The number of likely N-dealkylation sites (tertiary alicyclic amines) is 1. The Kier molecular flexibility index (Phi) is 7.98. The van der Waals surface area contributed by atoms with Crippen LogP contribution in [0, 0.1) is 0 Å². The largest absolute Gasteiger partial charge is 0.444 e. The average molecular weight is 523 g/mol. The van der Waals surface area contributed by atoms with Gasteiger partial charge < -0.3 is 25.7 Å². The van der Waals surface area contributed by atoms with E-state index in [9.17, 15) is 14.7 Å². The minimum absolute atomic E-state index is 0.251. The molecule has 1 aliphatic rings.